The number of likely N-dealkylation sites (N-methyl/N-ethyl adjacent to an activating group) is 1. The predicted molar refractivity (Wildman–Crippen MR) is 106 cm³/mol. The fourth-order valence-corrected chi connectivity index (χ4v) is 3.31. The monoisotopic (exact) mass is 403 g/mol. The van der Waals surface area contributed by atoms with Crippen LogP contribution in [0.3, 0.4) is 0 Å². The van der Waals surface area contributed by atoms with Gasteiger partial charge in [-0.15, -0.1) is 0 Å². The standard InChI is InChI=1S/C21H23F2N3O3/c1-25(13-15-5-2-8-18(11-15)29-21(22)23)14-19(27)24-16-6-3-7-17(12-16)26-10-4-9-20(26)28/h2-3,5-8,11-12,21H,4,9-10,13-14H2,1H3,(H,24,27). The third kappa shape index (κ3) is 5.99. The van der Waals surface area contributed by atoms with Crippen molar-refractivity contribution in [3.05, 3.63) is 54.1 Å². The summed E-state index contributed by atoms with van der Waals surface area (Å²) in [5.74, 6) is -0.0349. The summed E-state index contributed by atoms with van der Waals surface area (Å²) in [4.78, 5) is 27.7. The lowest BCUT2D eigenvalue weighted by Crippen LogP contribution is -2.30. The van der Waals surface area contributed by atoms with Crippen LogP contribution >= 0.6 is 0 Å². The van der Waals surface area contributed by atoms with Crippen LogP contribution in [0.1, 0.15) is 18.4 Å². The highest BCUT2D eigenvalue weighted by Gasteiger charge is 2.21. The van der Waals surface area contributed by atoms with E-state index in [4.69, 9.17) is 0 Å². The molecule has 0 saturated carbocycles. The second kappa shape index (κ2) is 9.47. The topological polar surface area (TPSA) is 61.9 Å². The van der Waals surface area contributed by atoms with Gasteiger partial charge in [0.1, 0.15) is 5.75 Å². The summed E-state index contributed by atoms with van der Waals surface area (Å²) < 4.78 is 29.1. The molecule has 1 saturated heterocycles. The molecule has 0 unspecified atom stereocenters. The quantitative estimate of drug-likeness (QED) is 0.733. The van der Waals surface area contributed by atoms with Crippen LogP contribution in [0.15, 0.2) is 48.5 Å². The molecule has 1 aliphatic rings. The van der Waals surface area contributed by atoms with E-state index in [9.17, 15) is 18.4 Å². The summed E-state index contributed by atoms with van der Waals surface area (Å²) in [5, 5.41) is 2.83. The van der Waals surface area contributed by atoms with Gasteiger partial charge >= 0.3 is 6.61 Å². The molecule has 0 spiro atoms. The zero-order valence-electron chi connectivity index (χ0n) is 16.1. The third-order valence-electron chi connectivity index (χ3n) is 4.50. The largest absolute Gasteiger partial charge is 0.435 e. The third-order valence-corrected chi connectivity index (χ3v) is 4.50. The van der Waals surface area contributed by atoms with E-state index in [1.54, 1.807) is 47.2 Å². The predicted octanol–water partition coefficient (Wildman–Crippen LogP) is 3.49. The zero-order valence-corrected chi connectivity index (χ0v) is 16.1. The Morgan fingerprint density at radius 2 is 2.03 bits per heavy atom. The van der Waals surface area contributed by atoms with E-state index in [1.807, 2.05) is 6.07 Å². The van der Waals surface area contributed by atoms with E-state index in [2.05, 4.69) is 10.1 Å². The SMILES string of the molecule is CN(CC(=O)Nc1cccc(N2CCCC2=O)c1)Cc1cccc(OC(F)F)c1. The minimum atomic E-state index is -2.87. The Morgan fingerprint density at radius 3 is 2.76 bits per heavy atom. The van der Waals surface area contributed by atoms with Gasteiger partial charge in [0, 0.05) is 30.9 Å². The van der Waals surface area contributed by atoms with Crippen LogP contribution in [-0.4, -0.2) is 43.5 Å². The molecule has 154 valence electrons. The molecule has 0 aromatic heterocycles. The average molecular weight is 403 g/mol. The van der Waals surface area contributed by atoms with Gasteiger partial charge in [-0.25, -0.2) is 0 Å². The van der Waals surface area contributed by atoms with Gasteiger partial charge in [0.25, 0.3) is 0 Å². The highest BCUT2D eigenvalue weighted by atomic mass is 19.3. The Kier molecular flexibility index (Phi) is 6.77. The van der Waals surface area contributed by atoms with Crippen molar-refractivity contribution < 1.29 is 23.1 Å². The number of carbonyl (C=O) groups is 2. The van der Waals surface area contributed by atoms with Gasteiger partial charge in [0.05, 0.1) is 6.54 Å². The van der Waals surface area contributed by atoms with Crippen LogP contribution in [-0.2, 0) is 16.1 Å². The lowest BCUT2D eigenvalue weighted by Gasteiger charge is -2.18. The minimum Gasteiger partial charge on any atom is -0.435 e. The molecule has 0 bridgehead atoms. The lowest BCUT2D eigenvalue weighted by molar-refractivity contribution is -0.117. The number of hydrogen-bond donors (Lipinski definition) is 1. The first-order valence-electron chi connectivity index (χ1n) is 9.33. The molecule has 2 aromatic rings. The molecular weight excluding hydrogens is 380 g/mol. The van der Waals surface area contributed by atoms with Gasteiger partial charge in [-0.05, 0) is 49.4 Å². The second-order valence-electron chi connectivity index (χ2n) is 6.95. The van der Waals surface area contributed by atoms with Gasteiger partial charge in [-0.1, -0.05) is 18.2 Å². The lowest BCUT2D eigenvalue weighted by atomic mass is 10.2. The van der Waals surface area contributed by atoms with Crippen molar-refractivity contribution in [1.82, 2.24) is 4.90 Å². The van der Waals surface area contributed by atoms with E-state index in [-0.39, 0.29) is 24.1 Å². The molecule has 0 radical (unpaired) electrons. The first-order valence-corrected chi connectivity index (χ1v) is 9.33. The van der Waals surface area contributed by atoms with Gasteiger partial charge in [0.2, 0.25) is 11.8 Å². The molecule has 1 N–H and O–H groups in total. The number of anilines is 2. The van der Waals surface area contributed by atoms with Crippen LogP contribution in [0, 0.1) is 0 Å². The van der Waals surface area contributed by atoms with Crippen LogP contribution in [0.5, 0.6) is 5.75 Å². The Hall–Kier alpha value is -3.00. The number of benzene rings is 2. The molecule has 1 fully saturated rings. The number of alkyl halides is 2. The number of nitrogens with one attached hydrogen (secondary N) is 1. The first kappa shape index (κ1) is 20.7. The molecule has 0 atom stereocenters. The molecule has 2 amide bonds. The average Bonchev–Trinajstić information content (AvgIpc) is 3.07. The number of nitrogens with zero attached hydrogens (tertiary/aromatic N) is 2. The summed E-state index contributed by atoms with van der Waals surface area (Å²) in [6.45, 7) is -1.67. The Balaban J connectivity index is 1.55. The summed E-state index contributed by atoms with van der Waals surface area (Å²) in [5.41, 5.74) is 2.15. The Labute approximate surface area is 168 Å². The maximum Gasteiger partial charge on any atom is 0.387 e. The van der Waals surface area contributed by atoms with Gasteiger partial charge in [0.15, 0.2) is 0 Å². The maximum atomic E-state index is 12.4. The molecule has 1 aliphatic heterocycles. The Morgan fingerprint density at radius 1 is 1.24 bits per heavy atom. The molecule has 3 rings (SSSR count). The van der Waals surface area contributed by atoms with Crippen molar-refractivity contribution in [2.24, 2.45) is 0 Å². The van der Waals surface area contributed by atoms with Gasteiger partial charge in [-0.2, -0.15) is 8.78 Å². The summed E-state index contributed by atoms with van der Waals surface area (Å²) in [7, 11) is 1.76. The number of amides is 2. The number of carbonyl (C=O) groups excluding carboxylic acids is 2. The minimum absolute atomic E-state index is 0.0867. The number of halogens is 2. The fraction of sp³-hybridized carbons (Fsp3) is 0.333. The van der Waals surface area contributed by atoms with Crippen LogP contribution < -0.4 is 15.0 Å². The Bertz CT molecular complexity index is 876. The molecular formula is C21H23F2N3O3. The molecule has 8 heteroatoms. The van der Waals surface area contributed by atoms with E-state index < -0.39 is 6.61 Å². The molecule has 0 aliphatic carbocycles. The van der Waals surface area contributed by atoms with Crippen molar-refractivity contribution in [1.29, 1.82) is 0 Å². The maximum absolute atomic E-state index is 12.4. The summed E-state index contributed by atoms with van der Waals surface area (Å²) in [6, 6.07) is 13.6. The molecule has 1 heterocycles. The normalized spacial score (nSPS) is 14.0. The van der Waals surface area contributed by atoms with Crippen molar-refractivity contribution in [3.8, 4) is 5.75 Å². The van der Waals surface area contributed by atoms with Gasteiger partial charge < -0.3 is 15.0 Å². The highest BCUT2D eigenvalue weighted by Crippen LogP contribution is 2.24. The molecule has 29 heavy (non-hydrogen) atoms. The van der Waals surface area contributed by atoms with E-state index >= 15 is 0 Å². The highest BCUT2D eigenvalue weighted by molar-refractivity contribution is 5.97. The van der Waals surface area contributed by atoms with E-state index in [1.165, 1.54) is 12.1 Å². The smallest absolute Gasteiger partial charge is 0.387 e. The molecule has 2 aromatic carbocycles. The van der Waals surface area contributed by atoms with E-state index in [0.717, 1.165) is 17.7 Å². The first-order chi connectivity index (χ1) is 13.9. The number of rotatable bonds is 8. The van der Waals surface area contributed by atoms with Crippen LogP contribution in [0.2, 0.25) is 0 Å². The van der Waals surface area contributed by atoms with Crippen molar-refractivity contribution in [2.75, 3.05) is 30.4 Å². The molecule has 6 nitrogen and oxygen atoms in total. The van der Waals surface area contributed by atoms with Crippen LogP contribution in [0.4, 0.5) is 20.2 Å². The van der Waals surface area contributed by atoms with Gasteiger partial charge in [-0.3, -0.25) is 14.5 Å². The second-order valence-corrected chi connectivity index (χ2v) is 6.95. The number of ether oxygens (including phenoxy) is 1. The fourth-order valence-electron chi connectivity index (χ4n) is 3.31. The summed E-state index contributed by atoms with van der Waals surface area (Å²) in [6.07, 6.45) is 1.38. The van der Waals surface area contributed by atoms with E-state index in [0.29, 0.717) is 25.2 Å². The van der Waals surface area contributed by atoms with Crippen molar-refractivity contribution in [2.45, 2.75) is 26.0 Å². The summed E-state index contributed by atoms with van der Waals surface area (Å²) >= 11 is 0. The number of hydrogen-bond acceptors (Lipinski definition) is 4. The van der Waals surface area contributed by atoms with Crippen LogP contribution in [0.25, 0.3) is 0 Å². The van der Waals surface area contributed by atoms with Crippen molar-refractivity contribution in [3.63, 3.8) is 0 Å². The zero-order chi connectivity index (χ0) is 20.8. The van der Waals surface area contributed by atoms with Crippen molar-refractivity contribution >= 4 is 23.2 Å².